The number of allylic oxidation sites excluding steroid dienone is 1. The number of sulfone groups is 1. The van der Waals surface area contributed by atoms with Crippen LogP contribution in [-0.4, -0.2) is 33.9 Å². The number of rotatable bonds is 11. The summed E-state index contributed by atoms with van der Waals surface area (Å²) in [6, 6.07) is 18.4. The van der Waals surface area contributed by atoms with Crippen molar-refractivity contribution in [1.29, 1.82) is 0 Å². The van der Waals surface area contributed by atoms with Gasteiger partial charge in [-0.15, -0.1) is 0 Å². The first-order valence-corrected chi connectivity index (χ1v) is 16.4. The molecule has 3 rings (SSSR count). The maximum absolute atomic E-state index is 13.5. The normalized spacial score (nSPS) is 21.7. The molecule has 4 nitrogen and oxygen atoms in total. The monoisotopic (exact) mass is 484 g/mol. The lowest BCUT2D eigenvalue weighted by Crippen LogP contribution is -2.48. The van der Waals surface area contributed by atoms with Crippen LogP contribution >= 0.6 is 0 Å². The first-order chi connectivity index (χ1) is 15.8. The van der Waals surface area contributed by atoms with Gasteiger partial charge in [-0.25, -0.2) is 8.42 Å². The second-order valence-corrected chi connectivity index (χ2v) is 15.2. The van der Waals surface area contributed by atoms with E-state index in [1.54, 1.807) is 30.3 Å². The molecule has 3 atom stereocenters. The Morgan fingerprint density at radius 3 is 2.24 bits per heavy atom. The van der Waals surface area contributed by atoms with E-state index in [2.05, 4.69) is 38.2 Å². The summed E-state index contributed by atoms with van der Waals surface area (Å²) >= 11 is 0. The molecule has 1 saturated carbocycles. The van der Waals surface area contributed by atoms with Gasteiger partial charge in [-0.05, 0) is 43.3 Å². The van der Waals surface area contributed by atoms with Crippen LogP contribution in [-0.2, 0) is 19.1 Å². The molecule has 0 saturated heterocycles. The second-order valence-electron chi connectivity index (χ2n) is 9.34. The third-order valence-electron chi connectivity index (χ3n) is 6.40. The number of Topliss-reactive ketones (excluding diaryl/α,β-unsaturated/α-hetero) is 1. The highest BCUT2D eigenvalue weighted by molar-refractivity contribution is 7.92. The zero-order valence-electron chi connectivity index (χ0n) is 19.9. The minimum Gasteiger partial charge on any atom is -0.409 e. The predicted octanol–water partition coefficient (Wildman–Crippen LogP) is 5.44. The lowest BCUT2D eigenvalue weighted by atomic mass is 10.0. The lowest BCUT2D eigenvalue weighted by Gasteiger charge is -2.30. The number of hydrogen-bond acceptors (Lipinski definition) is 4. The average molecular weight is 485 g/mol. The fourth-order valence-corrected chi connectivity index (χ4v) is 8.65. The maximum atomic E-state index is 13.5. The van der Waals surface area contributed by atoms with E-state index in [0.717, 1.165) is 24.4 Å². The Labute approximate surface area is 200 Å². The van der Waals surface area contributed by atoms with Crippen molar-refractivity contribution < 1.29 is 17.6 Å². The van der Waals surface area contributed by atoms with Crippen molar-refractivity contribution in [2.75, 3.05) is 0 Å². The molecule has 6 heteroatoms. The van der Waals surface area contributed by atoms with Gasteiger partial charge < -0.3 is 4.43 Å². The van der Waals surface area contributed by atoms with Gasteiger partial charge in [0.15, 0.2) is 15.6 Å². The first kappa shape index (κ1) is 25.6. The van der Waals surface area contributed by atoms with Crippen molar-refractivity contribution in [3.8, 4) is 0 Å². The summed E-state index contributed by atoms with van der Waals surface area (Å²) in [5.41, 5.74) is 0. The number of carbonyl (C=O) groups excluding carboxylic acids is 1. The Bertz CT molecular complexity index is 1030. The third-order valence-corrected chi connectivity index (χ3v) is 11.2. The van der Waals surface area contributed by atoms with Crippen LogP contribution < -0.4 is 5.19 Å². The third kappa shape index (κ3) is 6.31. The molecule has 1 fully saturated rings. The molecule has 0 radical (unpaired) electrons. The second kappa shape index (κ2) is 11.4. The molecule has 0 spiro atoms. The molecule has 178 valence electrons. The van der Waals surface area contributed by atoms with Crippen LogP contribution in [0.2, 0.25) is 13.1 Å². The smallest absolute Gasteiger partial charge is 0.218 e. The number of carbonyl (C=O) groups is 1. The van der Waals surface area contributed by atoms with E-state index < -0.39 is 35.4 Å². The van der Waals surface area contributed by atoms with Crippen molar-refractivity contribution in [3.05, 3.63) is 72.8 Å². The molecule has 33 heavy (non-hydrogen) atoms. The van der Waals surface area contributed by atoms with Gasteiger partial charge in [0.2, 0.25) is 8.32 Å². The highest BCUT2D eigenvalue weighted by Gasteiger charge is 2.50. The molecule has 0 amide bonds. The van der Waals surface area contributed by atoms with Crippen LogP contribution in [0.3, 0.4) is 0 Å². The van der Waals surface area contributed by atoms with Gasteiger partial charge in [-0.3, -0.25) is 4.79 Å². The van der Waals surface area contributed by atoms with Gasteiger partial charge in [-0.2, -0.15) is 0 Å². The Kier molecular flexibility index (Phi) is 8.85. The summed E-state index contributed by atoms with van der Waals surface area (Å²) in [5, 5.41) is 0.0338. The Balaban J connectivity index is 1.88. The van der Waals surface area contributed by atoms with Crippen LogP contribution in [0.15, 0.2) is 77.7 Å². The van der Waals surface area contributed by atoms with Crippen molar-refractivity contribution in [2.24, 2.45) is 5.92 Å². The summed E-state index contributed by atoms with van der Waals surface area (Å²) in [6.45, 7) is 6.40. The number of hydrogen-bond donors (Lipinski definition) is 0. The van der Waals surface area contributed by atoms with Gasteiger partial charge in [0.05, 0.1) is 11.0 Å². The maximum Gasteiger partial charge on any atom is 0.218 e. The van der Waals surface area contributed by atoms with Gasteiger partial charge in [-0.1, -0.05) is 86.9 Å². The molecule has 0 aromatic heterocycles. The molecule has 0 bridgehead atoms. The summed E-state index contributed by atoms with van der Waals surface area (Å²) in [4.78, 5) is 13.3. The van der Waals surface area contributed by atoms with Gasteiger partial charge in [0.25, 0.3) is 0 Å². The highest BCUT2D eigenvalue weighted by Crippen LogP contribution is 2.37. The molecule has 0 aliphatic heterocycles. The van der Waals surface area contributed by atoms with Gasteiger partial charge >= 0.3 is 0 Å². The topological polar surface area (TPSA) is 60.4 Å². The molecular formula is C27H36O4SSi. The predicted molar refractivity (Wildman–Crippen MR) is 137 cm³/mol. The summed E-state index contributed by atoms with van der Waals surface area (Å²) < 4.78 is 33.7. The quantitative estimate of drug-likeness (QED) is 0.242. The zero-order valence-corrected chi connectivity index (χ0v) is 21.8. The fraction of sp³-hybridized carbons (Fsp3) is 0.444. The Hall–Kier alpha value is -2.02. The zero-order chi connectivity index (χ0) is 23.9. The molecular weight excluding hydrogens is 448 g/mol. The molecule has 2 aromatic carbocycles. The van der Waals surface area contributed by atoms with Crippen LogP contribution in [0, 0.1) is 5.92 Å². The van der Waals surface area contributed by atoms with Crippen LogP contribution in [0.4, 0.5) is 0 Å². The molecule has 0 heterocycles. The largest absolute Gasteiger partial charge is 0.409 e. The van der Waals surface area contributed by atoms with Crippen LogP contribution in [0.1, 0.15) is 45.4 Å². The standard InChI is InChI=1S/C27H36O4SSi/c1-4-5-6-7-8-15-20-24-26(31-33(2,3)23-18-13-10-14-19-23)21-25(28)27(24)32(29,30)22-16-11-9-12-17-22/h9-20,24,26-27H,4-8,21H2,1-3H3/b20-15+/t24-,26+,27+/m0/s1. The van der Waals surface area contributed by atoms with E-state index in [9.17, 15) is 13.2 Å². The summed E-state index contributed by atoms with van der Waals surface area (Å²) in [7, 11) is -6.14. The molecule has 2 aromatic rings. The molecule has 0 unspecified atom stereocenters. The minimum atomic E-state index is -3.81. The molecule has 0 N–H and O–H groups in total. The highest BCUT2D eigenvalue weighted by atomic mass is 32.2. The van der Waals surface area contributed by atoms with Crippen LogP contribution in [0.5, 0.6) is 0 Å². The van der Waals surface area contributed by atoms with E-state index in [4.69, 9.17) is 4.43 Å². The Morgan fingerprint density at radius 2 is 1.61 bits per heavy atom. The SMILES string of the molecule is CCCCCC/C=C/[C@H]1[C@H](O[Si](C)(C)c2ccccc2)CC(=O)[C@@H]1S(=O)(=O)c1ccccc1. The minimum absolute atomic E-state index is 0.130. The van der Waals surface area contributed by atoms with Crippen LogP contribution in [0.25, 0.3) is 0 Å². The average Bonchev–Trinajstić information content (AvgIpc) is 3.12. The van der Waals surface area contributed by atoms with Crippen molar-refractivity contribution >= 4 is 29.1 Å². The van der Waals surface area contributed by atoms with Crippen molar-refractivity contribution in [1.82, 2.24) is 0 Å². The summed E-state index contributed by atoms with van der Waals surface area (Å²) in [6.07, 6.45) is 9.18. The number of benzene rings is 2. The molecule has 1 aliphatic carbocycles. The lowest BCUT2D eigenvalue weighted by molar-refractivity contribution is -0.117. The van der Waals surface area contributed by atoms with E-state index in [-0.39, 0.29) is 17.1 Å². The Morgan fingerprint density at radius 1 is 0.970 bits per heavy atom. The summed E-state index contributed by atoms with van der Waals surface area (Å²) in [5.74, 6) is -0.730. The van der Waals surface area contributed by atoms with Crippen molar-refractivity contribution in [3.63, 3.8) is 0 Å². The van der Waals surface area contributed by atoms with E-state index in [1.165, 1.54) is 12.8 Å². The van der Waals surface area contributed by atoms with Gasteiger partial charge in [0.1, 0.15) is 5.25 Å². The van der Waals surface area contributed by atoms with E-state index in [0.29, 0.717) is 0 Å². The van der Waals surface area contributed by atoms with E-state index >= 15 is 0 Å². The van der Waals surface area contributed by atoms with Gasteiger partial charge in [0, 0.05) is 12.3 Å². The first-order valence-electron chi connectivity index (χ1n) is 12.0. The number of unbranched alkanes of at least 4 members (excludes halogenated alkanes) is 4. The van der Waals surface area contributed by atoms with Crippen molar-refractivity contribution in [2.45, 2.75) is 74.8 Å². The fourth-order valence-electron chi connectivity index (χ4n) is 4.57. The van der Waals surface area contributed by atoms with E-state index in [1.807, 2.05) is 24.3 Å². The molecule has 1 aliphatic rings. The number of ketones is 1.